The van der Waals surface area contributed by atoms with E-state index in [1.54, 1.807) is 0 Å². The molecule has 2 amide bonds. The molecule has 0 saturated carbocycles. The molecule has 0 aliphatic carbocycles. The molecule has 2 heterocycles. The van der Waals surface area contributed by atoms with Crippen molar-refractivity contribution in [1.29, 1.82) is 0 Å². The maximum atomic E-state index is 14.1. The van der Waals surface area contributed by atoms with Gasteiger partial charge in [-0.1, -0.05) is 109 Å². The fraction of sp³-hybridized carbons (Fsp3) is 0.444. The van der Waals surface area contributed by atoms with E-state index in [-0.39, 0.29) is 34.7 Å². The van der Waals surface area contributed by atoms with Gasteiger partial charge in [-0.05, 0) is 64.5 Å². The molecule has 0 N–H and O–H groups in total. The van der Waals surface area contributed by atoms with Crippen molar-refractivity contribution in [3.63, 3.8) is 0 Å². The number of hydrogen-bond acceptors (Lipinski definition) is 2. The van der Waals surface area contributed by atoms with Crippen LogP contribution in [-0.2, 0) is 25.0 Å². The number of carbonyl (C=O) groups is 2. The van der Waals surface area contributed by atoms with Crippen LogP contribution in [0.3, 0.4) is 0 Å². The Balaban J connectivity index is 1.43. The molecular weight excluding hydrogens is 492 g/mol. The molecule has 2 unspecified atom stereocenters. The number of benzene rings is 3. The zero-order valence-corrected chi connectivity index (χ0v) is 25.2. The van der Waals surface area contributed by atoms with Crippen LogP contribution in [0.25, 0.3) is 0 Å². The van der Waals surface area contributed by atoms with E-state index in [1.165, 1.54) is 5.56 Å². The second kappa shape index (κ2) is 10.5. The molecule has 0 aromatic heterocycles. The van der Waals surface area contributed by atoms with Crippen LogP contribution >= 0.6 is 0 Å². The molecule has 0 spiro atoms. The first-order valence-corrected chi connectivity index (χ1v) is 14.9. The highest BCUT2D eigenvalue weighted by molar-refractivity contribution is 5.99. The smallest absolute Gasteiger partial charge is 0.255 e. The Bertz CT molecular complexity index is 1410. The van der Waals surface area contributed by atoms with Crippen LogP contribution in [0.2, 0.25) is 0 Å². The maximum Gasteiger partial charge on any atom is 0.255 e. The van der Waals surface area contributed by atoms with Gasteiger partial charge in [0, 0.05) is 30.3 Å². The van der Waals surface area contributed by atoms with E-state index in [0.29, 0.717) is 19.0 Å². The average Bonchev–Trinajstić information content (AvgIpc) is 3.41. The van der Waals surface area contributed by atoms with Crippen LogP contribution < -0.4 is 0 Å². The molecular formula is C36H44N2O2. The van der Waals surface area contributed by atoms with Crippen molar-refractivity contribution < 1.29 is 9.59 Å². The molecule has 2 aliphatic heterocycles. The van der Waals surface area contributed by atoms with Crippen molar-refractivity contribution in [3.8, 4) is 0 Å². The molecule has 0 radical (unpaired) electrons. The summed E-state index contributed by atoms with van der Waals surface area (Å²) < 4.78 is 0. The van der Waals surface area contributed by atoms with E-state index in [1.807, 2.05) is 24.3 Å². The first-order valence-electron chi connectivity index (χ1n) is 14.9. The van der Waals surface area contributed by atoms with Gasteiger partial charge >= 0.3 is 0 Å². The van der Waals surface area contributed by atoms with Gasteiger partial charge in [0.2, 0.25) is 0 Å². The van der Waals surface area contributed by atoms with Crippen molar-refractivity contribution >= 4 is 11.8 Å². The van der Waals surface area contributed by atoms with Gasteiger partial charge in [-0.3, -0.25) is 9.59 Å². The standard InChI is InChI=1S/C36H44N2O2/c1-8-36(25(4)5,29-15-10-9-11-16-29)38-23-28-19-18-26(20-31(28)34(38)40)21-35(6,7)32(24(2)3)37-22-27-14-12-13-17-30(27)33(37)39/h9-20,24-25,32H,8,21-23H2,1-7H3. The van der Waals surface area contributed by atoms with Crippen LogP contribution in [0, 0.1) is 17.3 Å². The van der Waals surface area contributed by atoms with E-state index in [0.717, 1.165) is 40.7 Å². The second-order valence-corrected chi connectivity index (χ2v) is 13.1. The minimum Gasteiger partial charge on any atom is -0.330 e. The lowest BCUT2D eigenvalue weighted by atomic mass is 9.73. The Kier molecular flexibility index (Phi) is 7.41. The Morgan fingerprint density at radius 2 is 1.43 bits per heavy atom. The molecule has 4 nitrogen and oxygen atoms in total. The first-order chi connectivity index (χ1) is 19.0. The summed E-state index contributed by atoms with van der Waals surface area (Å²) in [7, 11) is 0. The quantitative estimate of drug-likeness (QED) is 0.279. The number of carbonyl (C=O) groups excluding carboxylic acids is 2. The SMILES string of the molecule is CCC(c1ccccc1)(C(C)C)N1Cc2ccc(CC(C)(C)C(C(C)C)N3Cc4ccccc4C3=O)cc2C1=O. The molecule has 0 fully saturated rings. The van der Waals surface area contributed by atoms with Crippen molar-refractivity contribution in [2.24, 2.45) is 17.3 Å². The molecule has 0 saturated heterocycles. The van der Waals surface area contributed by atoms with E-state index >= 15 is 0 Å². The highest BCUT2D eigenvalue weighted by Crippen LogP contribution is 2.45. The third kappa shape index (κ3) is 4.56. The monoisotopic (exact) mass is 536 g/mol. The molecule has 3 aromatic carbocycles. The third-order valence-corrected chi connectivity index (χ3v) is 9.50. The molecule has 5 rings (SSSR count). The van der Waals surface area contributed by atoms with E-state index < -0.39 is 0 Å². The van der Waals surface area contributed by atoms with Gasteiger partial charge in [-0.15, -0.1) is 0 Å². The molecule has 4 heteroatoms. The minimum atomic E-state index is -0.356. The summed E-state index contributed by atoms with van der Waals surface area (Å²) in [6.07, 6.45) is 1.65. The van der Waals surface area contributed by atoms with Crippen molar-refractivity contribution in [2.75, 3.05) is 0 Å². The average molecular weight is 537 g/mol. The lowest BCUT2D eigenvalue weighted by molar-refractivity contribution is 0.0279. The van der Waals surface area contributed by atoms with Gasteiger partial charge in [0.05, 0.1) is 5.54 Å². The summed E-state index contributed by atoms with van der Waals surface area (Å²) in [5, 5.41) is 0. The third-order valence-electron chi connectivity index (χ3n) is 9.50. The van der Waals surface area contributed by atoms with E-state index in [9.17, 15) is 9.59 Å². The van der Waals surface area contributed by atoms with Crippen molar-refractivity contribution in [1.82, 2.24) is 9.80 Å². The second-order valence-electron chi connectivity index (χ2n) is 13.1. The largest absolute Gasteiger partial charge is 0.330 e. The predicted octanol–water partition coefficient (Wildman–Crippen LogP) is 7.85. The van der Waals surface area contributed by atoms with E-state index in [4.69, 9.17) is 0 Å². The zero-order valence-electron chi connectivity index (χ0n) is 25.2. The number of fused-ring (bicyclic) bond motifs is 2. The topological polar surface area (TPSA) is 40.6 Å². The van der Waals surface area contributed by atoms with Crippen molar-refractivity contribution in [3.05, 3.63) is 106 Å². The lowest BCUT2D eigenvalue weighted by Gasteiger charge is -2.45. The van der Waals surface area contributed by atoms with Gasteiger partial charge in [-0.2, -0.15) is 0 Å². The summed E-state index contributed by atoms with van der Waals surface area (Å²) in [5.74, 6) is 0.819. The van der Waals surface area contributed by atoms with Crippen LogP contribution in [0.5, 0.6) is 0 Å². The van der Waals surface area contributed by atoms with Crippen LogP contribution in [0.15, 0.2) is 72.8 Å². The minimum absolute atomic E-state index is 0.0691. The Hall–Kier alpha value is -3.40. The number of amides is 2. The molecule has 210 valence electrons. The highest BCUT2D eigenvalue weighted by Gasteiger charge is 2.47. The van der Waals surface area contributed by atoms with Gasteiger partial charge < -0.3 is 9.80 Å². The zero-order chi connectivity index (χ0) is 28.8. The Morgan fingerprint density at radius 1 is 0.775 bits per heavy atom. The van der Waals surface area contributed by atoms with Gasteiger partial charge in [0.1, 0.15) is 0 Å². The summed E-state index contributed by atoms with van der Waals surface area (Å²) in [4.78, 5) is 31.7. The van der Waals surface area contributed by atoms with Gasteiger partial charge in [0.25, 0.3) is 11.8 Å². The molecule has 3 aromatic rings. The van der Waals surface area contributed by atoms with Gasteiger partial charge in [-0.25, -0.2) is 0 Å². The molecule has 2 atom stereocenters. The fourth-order valence-corrected chi connectivity index (χ4v) is 7.93. The molecule has 2 aliphatic rings. The number of nitrogens with zero attached hydrogens (tertiary/aromatic N) is 2. The highest BCUT2D eigenvalue weighted by atomic mass is 16.2. The Morgan fingerprint density at radius 3 is 2.05 bits per heavy atom. The lowest BCUT2D eigenvalue weighted by Crippen LogP contribution is -2.49. The van der Waals surface area contributed by atoms with Crippen LogP contribution in [0.4, 0.5) is 0 Å². The summed E-state index contributed by atoms with van der Waals surface area (Å²) in [5.41, 5.74) is 5.68. The summed E-state index contributed by atoms with van der Waals surface area (Å²) in [6, 6.07) is 25.0. The summed E-state index contributed by atoms with van der Waals surface area (Å²) in [6.45, 7) is 16.9. The number of hydrogen-bond donors (Lipinski definition) is 0. The maximum absolute atomic E-state index is 14.1. The summed E-state index contributed by atoms with van der Waals surface area (Å²) >= 11 is 0. The fourth-order valence-electron chi connectivity index (χ4n) is 7.93. The number of rotatable bonds is 9. The Labute approximate surface area is 240 Å². The van der Waals surface area contributed by atoms with Crippen LogP contribution in [-0.4, -0.2) is 27.7 Å². The first kappa shape index (κ1) is 28.1. The van der Waals surface area contributed by atoms with Crippen LogP contribution in [0.1, 0.15) is 97.9 Å². The molecule has 40 heavy (non-hydrogen) atoms. The van der Waals surface area contributed by atoms with Crippen molar-refractivity contribution in [2.45, 2.75) is 86.0 Å². The normalized spacial score (nSPS) is 17.4. The predicted molar refractivity (Wildman–Crippen MR) is 162 cm³/mol. The van der Waals surface area contributed by atoms with E-state index in [2.05, 4.69) is 107 Å². The van der Waals surface area contributed by atoms with Gasteiger partial charge in [0.15, 0.2) is 0 Å². The molecule has 0 bridgehead atoms.